The van der Waals surface area contributed by atoms with Crippen molar-refractivity contribution >= 4 is 44.3 Å². The van der Waals surface area contributed by atoms with E-state index in [2.05, 4.69) is 95.8 Å². The summed E-state index contributed by atoms with van der Waals surface area (Å²) < 4.78 is 12.3. The minimum absolute atomic E-state index is 0.0145. The quantitative estimate of drug-likeness (QED) is 0.170. The van der Waals surface area contributed by atoms with Crippen LogP contribution in [0.5, 0.6) is 0 Å². The molecule has 4 aromatic carbocycles. The van der Waals surface area contributed by atoms with Crippen molar-refractivity contribution in [3.8, 4) is 0 Å². The van der Waals surface area contributed by atoms with Crippen LogP contribution in [0, 0.1) is 0 Å². The molecule has 8 nitrogen and oxygen atoms in total. The fourth-order valence-electron chi connectivity index (χ4n) is 8.79. The van der Waals surface area contributed by atoms with Crippen molar-refractivity contribution in [2.75, 3.05) is 34.5 Å². The molecule has 4 aromatic rings. The van der Waals surface area contributed by atoms with Crippen molar-refractivity contribution in [3.05, 3.63) is 71.8 Å². The van der Waals surface area contributed by atoms with Crippen LogP contribution in [0.3, 0.4) is 0 Å². The van der Waals surface area contributed by atoms with E-state index in [1.807, 2.05) is 0 Å². The molecule has 2 saturated heterocycles. The molecule has 4 atom stereocenters. The number of ether oxygens (including phenoxy) is 2. The average molecular weight is 593 g/mol. The molecule has 1 aliphatic carbocycles. The summed E-state index contributed by atoms with van der Waals surface area (Å²) >= 11 is 0. The largest absolute Gasteiger partial charge is 0.392 e. The summed E-state index contributed by atoms with van der Waals surface area (Å²) in [5.74, 6) is -0.868. The topological polar surface area (TPSA) is 107 Å². The Labute approximate surface area is 257 Å². The van der Waals surface area contributed by atoms with Crippen LogP contribution in [0.15, 0.2) is 60.7 Å². The lowest BCUT2D eigenvalue weighted by molar-refractivity contribution is -0.0781. The lowest BCUT2D eigenvalue weighted by atomic mass is 9.62. The molecule has 4 aliphatic heterocycles. The van der Waals surface area contributed by atoms with Crippen molar-refractivity contribution in [2.45, 2.75) is 87.1 Å². The highest BCUT2D eigenvalue weighted by Crippen LogP contribution is 2.56. The molecule has 4 heterocycles. The Balaban J connectivity index is 1.11. The summed E-state index contributed by atoms with van der Waals surface area (Å²) in [7, 11) is 0. The summed E-state index contributed by atoms with van der Waals surface area (Å²) in [5.41, 5.74) is 4.94. The molecule has 0 bridgehead atoms. The van der Waals surface area contributed by atoms with E-state index in [4.69, 9.17) is 9.47 Å². The number of benzene rings is 4. The summed E-state index contributed by atoms with van der Waals surface area (Å²) in [6.07, 6.45) is 2.53. The molecule has 0 spiro atoms. The van der Waals surface area contributed by atoms with Crippen LogP contribution in [0.4, 0.5) is 22.7 Å². The van der Waals surface area contributed by atoms with Gasteiger partial charge in [-0.3, -0.25) is 0 Å². The molecular formula is C36H40N4O4. The monoisotopic (exact) mass is 592 g/mol. The van der Waals surface area contributed by atoms with Gasteiger partial charge in [0.25, 0.3) is 0 Å². The van der Waals surface area contributed by atoms with Gasteiger partial charge < -0.3 is 41.0 Å². The van der Waals surface area contributed by atoms with E-state index < -0.39 is 35.4 Å². The molecular weight excluding hydrogens is 552 g/mol. The van der Waals surface area contributed by atoms with E-state index in [1.165, 1.54) is 0 Å². The Bertz CT molecular complexity index is 1660. The van der Waals surface area contributed by atoms with Gasteiger partial charge in [0.05, 0.1) is 24.4 Å². The molecule has 3 fully saturated rings. The standard InChI is InChI=1S/C36H40N4O4/c1-35(25-11-5-17-43-25)37-23-9-3-7-19-13-15-21(31(39-35)27(19)23)29-33(41)30(34(29)42)22-16-14-20-8-4-10-24-28(20)32(22)40-36(2,38-24)26-12-6-18-44-26/h3-4,7-10,13-16,25-26,29-30,33-34,37-42H,5-6,11-12,17-18H2,1-2H3. The summed E-state index contributed by atoms with van der Waals surface area (Å²) in [5, 5.41) is 43.5. The lowest BCUT2D eigenvalue weighted by Crippen LogP contribution is -2.56. The predicted molar refractivity (Wildman–Crippen MR) is 175 cm³/mol. The van der Waals surface area contributed by atoms with Crippen molar-refractivity contribution in [1.82, 2.24) is 0 Å². The van der Waals surface area contributed by atoms with E-state index in [1.54, 1.807) is 0 Å². The Morgan fingerprint density at radius 1 is 0.614 bits per heavy atom. The van der Waals surface area contributed by atoms with Crippen LogP contribution < -0.4 is 21.3 Å². The van der Waals surface area contributed by atoms with Gasteiger partial charge in [0.2, 0.25) is 0 Å². The summed E-state index contributed by atoms with van der Waals surface area (Å²) in [6.45, 7) is 5.82. The Morgan fingerprint density at radius 3 is 1.48 bits per heavy atom. The number of aliphatic hydroxyl groups is 2. The number of rotatable bonds is 4. The normalized spacial score (nSPS) is 35.5. The van der Waals surface area contributed by atoms with Gasteiger partial charge in [-0.25, -0.2) is 0 Å². The number of aliphatic hydroxyl groups excluding tert-OH is 2. The fraction of sp³-hybridized carbons (Fsp3) is 0.444. The van der Waals surface area contributed by atoms with Crippen LogP contribution in [0.2, 0.25) is 0 Å². The molecule has 8 heteroatoms. The zero-order chi connectivity index (χ0) is 29.8. The molecule has 44 heavy (non-hydrogen) atoms. The average Bonchev–Trinajstić information content (AvgIpc) is 3.76. The van der Waals surface area contributed by atoms with Gasteiger partial charge in [0, 0.05) is 58.6 Å². The minimum Gasteiger partial charge on any atom is -0.392 e. The van der Waals surface area contributed by atoms with Gasteiger partial charge in [-0.05, 0) is 73.6 Å². The van der Waals surface area contributed by atoms with Gasteiger partial charge in [0.15, 0.2) is 0 Å². The van der Waals surface area contributed by atoms with Crippen molar-refractivity contribution < 1.29 is 19.7 Å². The number of hydrogen-bond acceptors (Lipinski definition) is 8. The third kappa shape index (κ3) is 3.71. The molecule has 5 aliphatic rings. The van der Waals surface area contributed by atoms with Crippen LogP contribution in [-0.2, 0) is 9.47 Å². The Morgan fingerprint density at radius 2 is 1.07 bits per heavy atom. The van der Waals surface area contributed by atoms with Gasteiger partial charge in [-0.2, -0.15) is 0 Å². The minimum atomic E-state index is -0.761. The predicted octanol–water partition coefficient (Wildman–Crippen LogP) is 6.06. The second-order valence-electron chi connectivity index (χ2n) is 13.8. The smallest absolute Gasteiger partial charge is 0.132 e. The van der Waals surface area contributed by atoms with Crippen LogP contribution in [-0.4, -0.2) is 59.2 Å². The van der Waals surface area contributed by atoms with Gasteiger partial charge in [-0.1, -0.05) is 48.5 Å². The molecule has 0 aromatic heterocycles. The third-order valence-corrected chi connectivity index (χ3v) is 11.1. The maximum Gasteiger partial charge on any atom is 0.132 e. The van der Waals surface area contributed by atoms with Crippen molar-refractivity contribution in [3.63, 3.8) is 0 Å². The molecule has 9 rings (SSSR count). The first-order valence-electron chi connectivity index (χ1n) is 16.2. The molecule has 1 saturated carbocycles. The first-order valence-corrected chi connectivity index (χ1v) is 16.2. The van der Waals surface area contributed by atoms with Gasteiger partial charge >= 0.3 is 0 Å². The second kappa shape index (κ2) is 9.47. The van der Waals surface area contributed by atoms with Crippen LogP contribution >= 0.6 is 0 Å². The molecule has 4 unspecified atom stereocenters. The van der Waals surface area contributed by atoms with E-state index in [9.17, 15) is 10.2 Å². The molecule has 0 radical (unpaired) electrons. The Hall–Kier alpha value is -3.56. The number of hydrogen-bond donors (Lipinski definition) is 6. The zero-order valence-corrected chi connectivity index (χ0v) is 25.2. The first-order chi connectivity index (χ1) is 21.3. The van der Waals surface area contributed by atoms with E-state index in [0.29, 0.717) is 0 Å². The van der Waals surface area contributed by atoms with E-state index in [-0.39, 0.29) is 12.2 Å². The maximum absolute atomic E-state index is 12.0. The van der Waals surface area contributed by atoms with Gasteiger partial charge in [-0.15, -0.1) is 0 Å². The number of anilines is 4. The Kier molecular flexibility index (Phi) is 5.77. The van der Waals surface area contributed by atoms with Crippen LogP contribution in [0.25, 0.3) is 21.5 Å². The highest BCUT2D eigenvalue weighted by molar-refractivity contribution is 6.08. The molecule has 6 N–H and O–H groups in total. The lowest BCUT2D eigenvalue weighted by Gasteiger charge is -2.51. The summed E-state index contributed by atoms with van der Waals surface area (Å²) in [4.78, 5) is 0. The first kappa shape index (κ1) is 26.8. The molecule has 0 amide bonds. The van der Waals surface area contributed by atoms with E-state index in [0.717, 1.165) is 94.3 Å². The second-order valence-corrected chi connectivity index (χ2v) is 13.8. The highest BCUT2D eigenvalue weighted by atomic mass is 16.5. The van der Waals surface area contributed by atoms with Gasteiger partial charge in [0.1, 0.15) is 11.3 Å². The SMILES string of the molecule is CC1(C2CCCO2)Nc2cccc3ccc(C4C(O)C(c5ccc6cccc7c6c5NC(C)(C5CCCO5)N7)C4O)c(c23)N1. The number of nitrogens with one attached hydrogen (secondary N) is 4. The maximum atomic E-state index is 12.0. The molecule has 228 valence electrons. The fourth-order valence-corrected chi connectivity index (χ4v) is 8.79. The van der Waals surface area contributed by atoms with Crippen LogP contribution in [0.1, 0.15) is 62.5 Å². The summed E-state index contributed by atoms with van der Waals surface area (Å²) in [6, 6.07) is 21.0. The van der Waals surface area contributed by atoms with Crippen molar-refractivity contribution in [1.29, 1.82) is 0 Å². The zero-order valence-electron chi connectivity index (χ0n) is 25.2. The van der Waals surface area contributed by atoms with E-state index >= 15 is 0 Å². The third-order valence-electron chi connectivity index (χ3n) is 11.1. The van der Waals surface area contributed by atoms with Crippen molar-refractivity contribution in [2.24, 2.45) is 0 Å². The highest BCUT2D eigenvalue weighted by Gasteiger charge is 2.54.